The number of rotatable bonds is 5. The molecule has 0 spiro atoms. The number of carbonyl (C=O) groups excluding carboxylic acids is 1. The van der Waals surface area contributed by atoms with Crippen LogP contribution in [0.2, 0.25) is 0 Å². The first kappa shape index (κ1) is 18.7. The molecule has 0 aromatic heterocycles. The van der Waals surface area contributed by atoms with E-state index in [-0.39, 0.29) is 10.6 Å². The first-order valence-electron chi connectivity index (χ1n) is 6.76. The molecule has 0 saturated carbocycles. The fourth-order valence-electron chi connectivity index (χ4n) is 1.86. The summed E-state index contributed by atoms with van der Waals surface area (Å²) in [6.45, 7) is 0. The summed E-state index contributed by atoms with van der Waals surface area (Å²) in [4.78, 5) is 11.6. The molecule has 0 unspecified atom stereocenters. The Morgan fingerprint density at radius 2 is 1.44 bits per heavy atom. The van der Waals surface area contributed by atoms with E-state index in [1.165, 1.54) is 42.5 Å². The molecule has 0 heterocycles. The zero-order valence-corrected chi connectivity index (χ0v) is 14.6. The van der Waals surface area contributed by atoms with E-state index in [4.69, 9.17) is 4.55 Å². The number of hydrogen-bond donors (Lipinski definition) is 4. The Morgan fingerprint density at radius 1 is 0.880 bits per heavy atom. The molecule has 0 radical (unpaired) electrons. The Bertz CT molecular complexity index is 985. The molecule has 134 valence electrons. The van der Waals surface area contributed by atoms with E-state index in [1.807, 2.05) is 0 Å². The lowest BCUT2D eigenvalue weighted by atomic mass is 10.3. The fourth-order valence-corrected chi connectivity index (χ4v) is 2.95. The van der Waals surface area contributed by atoms with Crippen molar-refractivity contribution >= 4 is 43.2 Å². The normalized spacial score (nSPS) is 11.6. The lowest BCUT2D eigenvalue weighted by Gasteiger charge is -2.09. The van der Waals surface area contributed by atoms with E-state index in [2.05, 4.69) is 15.4 Å². The van der Waals surface area contributed by atoms with Gasteiger partial charge in [-0.15, -0.1) is 0 Å². The monoisotopic (exact) mass is 385 g/mol. The molecule has 0 aliphatic carbocycles. The molecule has 4 N–H and O–H groups in total. The Morgan fingerprint density at radius 3 is 2.00 bits per heavy atom. The van der Waals surface area contributed by atoms with E-state index < -0.39 is 26.2 Å². The van der Waals surface area contributed by atoms with Crippen molar-refractivity contribution in [2.24, 2.45) is 0 Å². The summed E-state index contributed by atoms with van der Waals surface area (Å²) in [6.07, 6.45) is 1.02. The number of urea groups is 1. The zero-order valence-electron chi connectivity index (χ0n) is 12.9. The second kappa shape index (κ2) is 7.09. The predicted molar refractivity (Wildman–Crippen MR) is 93.8 cm³/mol. The van der Waals surface area contributed by atoms with E-state index in [0.717, 1.165) is 12.3 Å². The zero-order chi connectivity index (χ0) is 18.7. The number of sulfonamides is 1. The number of anilines is 3. The molecular formula is C14H15N3O6S2. The molecule has 2 aromatic rings. The van der Waals surface area contributed by atoms with Gasteiger partial charge in [0.25, 0.3) is 10.1 Å². The van der Waals surface area contributed by atoms with Crippen LogP contribution >= 0.6 is 0 Å². The maximum Gasteiger partial charge on any atom is 0.323 e. The first-order chi connectivity index (χ1) is 11.5. The van der Waals surface area contributed by atoms with Crippen LogP contribution in [0.15, 0.2) is 53.4 Å². The minimum Gasteiger partial charge on any atom is -0.308 e. The first-order valence-corrected chi connectivity index (χ1v) is 10.1. The quantitative estimate of drug-likeness (QED) is 0.580. The number of hydrogen-bond acceptors (Lipinski definition) is 5. The third kappa shape index (κ3) is 6.06. The molecule has 2 aromatic carbocycles. The SMILES string of the molecule is CS(=O)(=O)Nc1ccc(NC(=O)Nc2cccc(S(=O)(=O)O)c2)cc1. The highest BCUT2D eigenvalue weighted by molar-refractivity contribution is 7.92. The summed E-state index contributed by atoms with van der Waals surface area (Å²) >= 11 is 0. The van der Waals surface area contributed by atoms with Crippen LogP contribution in [0.5, 0.6) is 0 Å². The van der Waals surface area contributed by atoms with Crippen LogP contribution in [0.4, 0.5) is 21.9 Å². The van der Waals surface area contributed by atoms with Crippen molar-refractivity contribution in [3.8, 4) is 0 Å². The summed E-state index contributed by atoms with van der Waals surface area (Å²) in [5.74, 6) is 0. The molecule has 0 aliphatic rings. The van der Waals surface area contributed by atoms with Gasteiger partial charge in [0.1, 0.15) is 0 Å². The third-order valence-electron chi connectivity index (χ3n) is 2.84. The molecule has 25 heavy (non-hydrogen) atoms. The van der Waals surface area contributed by atoms with Gasteiger partial charge in [0, 0.05) is 17.1 Å². The molecule has 0 fully saturated rings. The number of benzene rings is 2. The van der Waals surface area contributed by atoms with Gasteiger partial charge in [-0.05, 0) is 42.5 Å². The van der Waals surface area contributed by atoms with Crippen LogP contribution in [0.25, 0.3) is 0 Å². The molecular weight excluding hydrogens is 370 g/mol. The van der Waals surface area contributed by atoms with Gasteiger partial charge in [-0.2, -0.15) is 8.42 Å². The van der Waals surface area contributed by atoms with Crippen LogP contribution in [0, 0.1) is 0 Å². The Labute approximate surface area is 144 Å². The second-order valence-electron chi connectivity index (χ2n) is 5.03. The van der Waals surface area contributed by atoms with E-state index >= 15 is 0 Å². The largest absolute Gasteiger partial charge is 0.323 e. The summed E-state index contributed by atoms with van der Waals surface area (Å²) in [6, 6.07) is 10.4. The summed E-state index contributed by atoms with van der Waals surface area (Å²) in [5, 5.41) is 4.92. The molecule has 0 atom stereocenters. The lowest BCUT2D eigenvalue weighted by molar-refractivity contribution is 0.262. The Kier molecular flexibility index (Phi) is 5.30. The highest BCUT2D eigenvalue weighted by Crippen LogP contribution is 2.17. The molecule has 2 amide bonds. The van der Waals surface area contributed by atoms with Crippen molar-refractivity contribution in [2.75, 3.05) is 21.6 Å². The van der Waals surface area contributed by atoms with Gasteiger partial charge in [0.2, 0.25) is 10.0 Å². The third-order valence-corrected chi connectivity index (χ3v) is 4.29. The number of carbonyl (C=O) groups is 1. The highest BCUT2D eigenvalue weighted by Gasteiger charge is 2.11. The minimum absolute atomic E-state index is 0.169. The summed E-state index contributed by atoms with van der Waals surface area (Å²) in [7, 11) is -7.76. The van der Waals surface area contributed by atoms with Crippen molar-refractivity contribution in [2.45, 2.75) is 4.90 Å². The van der Waals surface area contributed by atoms with E-state index in [9.17, 15) is 21.6 Å². The maximum absolute atomic E-state index is 11.9. The predicted octanol–water partition coefficient (Wildman–Crippen LogP) is 1.95. The maximum atomic E-state index is 11.9. The van der Waals surface area contributed by atoms with Crippen molar-refractivity contribution < 1.29 is 26.2 Å². The molecule has 0 bridgehead atoms. The molecule has 0 aliphatic heterocycles. The van der Waals surface area contributed by atoms with Gasteiger partial charge in [0.15, 0.2) is 0 Å². The second-order valence-corrected chi connectivity index (χ2v) is 8.20. The van der Waals surface area contributed by atoms with Crippen molar-refractivity contribution in [3.63, 3.8) is 0 Å². The molecule has 9 nitrogen and oxygen atoms in total. The topological polar surface area (TPSA) is 142 Å². The molecule has 11 heteroatoms. The van der Waals surface area contributed by atoms with Crippen molar-refractivity contribution in [1.82, 2.24) is 0 Å². The van der Waals surface area contributed by atoms with Crippen LogP contribution in [0.1, 0.15) is 0 Å². The van der Waals surface area contributed by atoms with Crippen molar-refractivity contribution in [3.05, 3.63) is 48.5 Å². The van der Waals surface area contributed by atoms with Crippen LogP contribution in [-0.4, -0.2) is 33.7 Å². The Balaban J connectivity index is 2.03. The van der Waals surface area contributed by atoms with E-state index in [0.29, 0.717) is 11.4 Å². The summed E-state index contributed by atoms with van der Waals surface area (Å²) in [5.41, 5.74) is 0.903. The van der Waals surface area contributed by atoms with Crippen molar-refractivity contribution in [1.29, 1.82) is 0 Å². The molecule has 0 saturated heterocycles. The number of nitrogens with one attached hydrogen (secondary N) is 3. The lowest BCUT2D eigenvalue weighted by Crippen LogP contribution is -2.19. The van der Waals surface area contributed by atoms with Gasteiger partial charge < -0.3 is 10.6 Å². The van der Waals surface area contributed by atoms with Crippen LogP contribution in [-0.2, 0) is 20.1 Å². The smallest absolute Gasteiger partial charge is 0.308 e. The van der Waals surface area contributed by atoms with Gasteiger partial charge in [0.05, 0.1) is 11.2 Å². The van der Waals surface area contributed by atoms with Crippen LogP contribution in [0.3, 0.4) is 0 Å². The van der Waals surface area contributed by atoms with Gasteiger partial charge in [-0.25, -0.2) is 13.2 Å². The number of amides is 2. The fraction of sp³-hybridized carbons (Fsp3) is 0.0714. The molecule has 2 rings (SSSR count). The standard InChI is InChI=1S/C14H15N3O6S2/c1-24(19,20)17-11-7-5-10(6-8-11)15-14(18)16-12-3-2-4-13(9-12)25(21,22)23/h2-9,17H,1H3,(H2,15,16,18)(H,21,22,23). The Hall–Kier alpha value is -2.63. The highest BCUT2D eigenvalue weighted by atomic mass is 32.2. The van der Waals surface area contributed by atoms with Gasteiger partial charge >= 0.3 is 6.03 Å². The average molecular weight is 385 g/mol. The van der Waals surface area contributed by atoms with Gasteiger partial charge in [-0.1, -0.05) is 6.07 Å². The summed E-state index contributed by atoms with van der Waals surface area (Å²) < 4.78 is 55.6. The van der Waals surface area contributed by atoms with Gasteiger partial charge in [-0.3, -0.25) is 9.27 Å². The minimum atomic E-state index is -4.37. The average Bonchev–Trinajstić information content (AvgIpc) is 2.47. The van der Waals surface area contributed by atoms with Crippen LogP contribution < -0.4 is 15.4 Å². The van der Waals surface area contributed by atoms with E-state index in [1.54, 1.807) is 0 Å².